The van der Waals surface area contributed by atoms with Crippen LogP contribution in [-0.2, 0) is 23.2 Å². The fourth-order valence-electron chi connectivity index (χ4n) is 5.00. The first-order valence-electron chi connectivity index (χ1n) is 11.5. The first-order chi connectivity index (χ1) is 15.4. The first kappa shape index (κ1) is 21.0. The van der Waals surface area contributed by atoms with Crippen LogP contribution in [0.1, 0.15) is 52.9 Å². The number of carbonyl (C=O) groups is 1. The molecule has 1 aromatic heterocycles. The van der Waals surface area contributed by atoms with Crippen LogP contribution in [0.25, 0.3) is 0 Å². The molecule has 8 nitrogen and oxygen atoms in total. The predicted octanol–water partition coefficient (Wildman–Crippen LogP) is 2.26. The molecule has 3 aliphatic rings. The van der Waals surface area contributed by atoms with E-state index in [9.17, 15) is 9.59 Å². The summed E-state index contributed by atoms with van der Waals surface area (Å²) in [6, 6.07) is 5.70. The molecule has 0 unspecified atom stereocenters. The molecule has 3 heterocycles. The summed E-state index contributed by atoms with van der Waals surface area (Å²) >= 11 is 0. The SMILES string of the molecule is CN(C)CCOc1ccc2c(c1)C(=O)OC21CCN(c2nc3c(c(=O)[nH]2)CCCC3)CC1. The second kappa shape index (κ2) is 8.24. The van der Waals surface area contributed by atoms with Crippen molar-refractivity contribution in [3.05, 3.63) is 50.9 Å². The third-order valence-corrected chi connectivity index (χ3v) is 6.85. The number of hydrogen-bond acceptors (Lipinski definition) is 7. The molecule has 0 bridgehead atoms. The van der Waals surface area contributed by atoms with Crippen molar-refractivity contribution in [3.8, 4) is 5.75 Å². The van der Waals surface area contributed by atoms with Crippen molar-refractivity contribution in [3.63, 3.8) is 0 Å². The molecule has 32 heavy (non-hydrogen) atoms. The third-order valence-electron chi connectivity index (χ3n) is 6.85. The number of piperidine rings is 1. The quantitative estimate of drug-likeness (QED) is 0.717. The number of nitrogens with zero attached hydrogens (tertiary/aromatic N) is 3. The molecule has 0 amide bonds. The van der Waals surface area contributed by atoms with Crippen LogP contribution in [0.5, 0.6) is 5.75 Å². The van der Waals surface area contributed by atoms with Gasteiger partial charge in [-0.05, 0) is 51.9 Å². The summed E-state index contributed by atoms with van der Waals surface area (Å²) in [5, 5.41) is 0. The zero-order chi connectivity index (χ0) is 22.3. The van der Waals surface area contributed by atoms with Gasteiger partial charge < -0.3 is 19.3 Å². The molecule has 1 saturated heterocycles. The number of carbonyl (C=O) groups excluding carboxylic acids is 1. The Kier molecular flexibility index (Phi) is 5.41. The molecule has 0 saturated carbocycles. The largest absolute Gasteiger partial charge is 0.492 e. The molecule has 0 atom stereocenters. The van der Waals surface area contributed by atoms with E-state index < -0.39 is 5.60 Å². The molecular weight excluding hydrogens is 408 g/mol. The molecule has 170 valence electrons. The molecule has 0 radical (unpaired) electrons. The number of likely N-dealkylation sites (N-methyl/N-ethyl adjacent to an activating group) is 1. The van der Waals surface area contributed by atoms with E-state index in [0.717, 1.165) is 49.0 Å². The van der Waals surface area contributed by atoms with E-state index in [0.29, 0.717) is 49.8 Å². The van der Waals surface area contributed by atoms with Gasteiger partial charge in [0.15, 0.2) is 0 Å². The number of rotatable bonds is 5. The highest BCUT2D eigenvalue weighted by Gasteiger charge is 2.47. The van der Waals surface area contributed by atoms with Gasteiger partial charge in [0.25, 0.3) is 5.56 Å². The van der Waals surface area contributed by atoms with E-state index in [1.165, 1.54) is 0 Å². The smallest absolute Gasteiger partial charge is 0.339 e. The van der Waals surface area contributed by atoms with Gasteiger partial charge in [0.1, 0.15) is 18.0 Å². The Morgan fingerprint density at radius 1 is 1.19 bits per heavy atom. The Morgan fingerprint density at radius 3 is 2.75 bits per heavy atom. The first-order valence-corrected chi connectivity index (χ1v) is 11.5. The van der Waals surface area contributed by atoms with E-state index in [1.54, 1.807) is 6.07 Å². The van der Waals surface area contributed by atoms with Crippen molar-refractivity contribution >= 4 is 11.9 Å². The molecule has 1 spiro atoms. The number of hydrogen-bond donors (Lipinski definition) is 1. The lowest BCUT2D eigenvalue weighted by Gasteiger charge is -2.39. The third kappa shape index (κ3) is 3.77. The predicted molar refractivity (Wildman–Crippen MR) is 121 cm³/mol. The maximum Gasteiger partial charge on any atom is 0.339 e. The molecule has 1 aromatic carbocycles. The van der Waals surface area contributed by atoms with Gasteiger partial charge in [-0.2, -0.15) is 0 Å². The normalized spacial score (nSPS) is 19.1. The van der Waals surface area contributed by atoms with Crippen LogP contribution < -0.4 is 15.2 Å². The van der Waals surface area contributed by atoms with E-state index in [1.807, 2.05) is 26.2 Å². The lowest BCUT2D eigenvalue weighted by molar-refractivity contribution is -0.0211. The summed E-state index contributed by atoms with van der Waals surface area (Å²) in [5.41, 5.74) is 2.70. The van der Waals surface area contributed by atoms with Crippen LogP contribution in [-0.4, -0.2) is 61.2 Å². The average Bonchev–Trinajstić information content (AvgIpc) is 3.05. The van der Waals surface area contributed by atoms with Gasteiger partial charge >= 0.3 is 5.97 Å². The Labute approximate surface area is 187 Å². The van der Waals surface area contributed by atoms with Crippen molar-refractivity contribution in [1.82, 2.24) is 14.9 Å². The van der Waals surface area contributed by atoms with E-state index in [-0.39, 0.29) is 11.5 Å². The minimum absolute atomic E-state index is 0.00979. The monoisotopic (exact) mass is 438 g/mol. The average molecular weight is 439 g/mol. The van der Waals surface area contributed by atoms with Gasteiger partial charge in [-0.3, -0.25) is 9.78 Å². The minimum Gasteiger partial charge on any atom is -0.492 e. The highest BCUT2D eigenvalue weighted by molar-refractivity contribution is 5.95. The Bertz CT molecular complexity index is 1090. The number of aromatic amines is 1. The summed E-state index contributed by atoms with van der Waals surface area (Å²) in [6.07, 6.45) is 5.14. The van der Waals surface area contributed by atoms with Crippen LogP contribution in [0.3, 0.4) is 0 Å². The van der Waals surface area contributed by atoms with Gasteiger partial charge in [-0.15, -0.1) is 0 Å². The maximum atomic E-state index is 12.7. The van der Waals surface area contributed by atoms with E-state index >= 15 is 0 Å². The van der Waals surface area contributed by atoms with Gasteiger partial charge in [-0.1, -0.05) is 6.07 Å². The summed E-state index contributed by atoms with van der Waals surface area (Å²) < 4.78 is 11.7. The van der Waals surface area contributed by atoms with Gasteiger partial charge in [0.05, 0.1) is 11.3 Å². The molecule has 2 aliphatic heterocycles. The standard InChI is InChI=1S/C24H30N4O4/c1-27(2)13-14-31-16-7-8-19-18(15-16)22(30)32-24(19)9-11-28(12-10-24)23-25-20-6-4-3-5-17(20)21(29)26-23/h7-8,15H,3-6,9-14H2,1-2H3,(H,25,26,29). The summed E-state index contributed by atoms with van der Waals surface area (Å²) in [4.78, 5) is 37.1. The zero-order valence-corrected chi connectivity index (χ0v) is 18.8. The maximum absolute atomic E-state index is 12.7. The summed E-state index contributed by atoms with van der Waals surface area (Å²) in [5.74, 6) is 1.04. The molecule has 8 heteroatoms. The van der Waals surface area contributed by atoms with Crippen LogP contribution in [0, 0.1) is 0 Å². The second-order valence-electron chi connectivity index (χ2n) is 9.25. The Morgan fingerprint density at radius 2 is 1.97 bits per heavy atom. The molecule has 1 fully saturated rings. The lowest BCUT2D eigenvalue weighted by atomic mass is 9.84. The van der Waals surface area contributed by atoms with Crippen molar-refractivity contribution in [1.29, 1.82) is 0 Å². The Balaban J connectivity index is 1.32. The van der Waals surface area contributed by atoms with E-state index in [4.69, 9.17) is 14.5 Å². The van der Waals surface area contributed by atoms with Crippen LogP contribution in [0.2, 0.25) is 0 Å². The zero-order valence-electron chi connectivity index (χ0n) is 18.8. The van der Waals surface area contributed by atoms with Crippen molar-refractivity contribution in [2.24, 2.45) is 0 Å². The number of aryl methyl sites for hydroxylation is 1. The van der Waals surface area contributed by atoms with Crippen LogP contribution in [0.15, 0.2) is 23.0 Å². The van der Waals surface area contributed by atoms with Crippen molar-refractivity contribution in [2.75, 3.05) is 45.2 Å². The van der Waals surface area contributed by atoms with Crippen LogP contribution >= 0.6 is 0 Å². The number of aromatic nitrogens is 2. The highest BCUT2D eigenvalue weighted by atomic mass is 16.6. The van der Waals surface area contributed by atoms with Crippen LogP contribution in [0.4, 0.5) is 5.95 Å². The van der Waals surface area contributed by atoms with Gasteiger partial charge in [0.2, 0.25) is 5.95 Å². The fourth-order valence-corrected chi connectivity index (χ4v) is 5.00. The number of nitrogens with one attached hydrogen (secondary N) is 1. The van der Waals surface area contributed by atoms with Crippen molar-refractivity contribution < 1.29 is 14.3 Å². The number of benzene rings is 1. The molecule has 2 aromatic rings. The topological polar surface area (TPSA) is 87.8 Å². The number of anilines is 1. The number of fused-ring (bicyclic) bond motifs is 3. The van der Waals surface area contributed by atoms with Gasteiger partial charge in [-0.25, -0.2) is 9.78 Å². The summed E-state index contributed by atoms with van der Waals surface area (Å²) in [6.45, 7) is 2.69. The fraction of sp³-hybridized carbons (Fsp3) is 0.542. The molecule has 1 aliphatic carbocycles. The highest BCUT2D eigenvalue weighted by Crippen LogP contribution is 2.45. The minimum atomic E-state index is -0.612. The molecule has 5 rings (SSSR count). The van der Waals surface area contributed by atoms with Crippen molar-refractivity contribution in [2.45, 2.75) is 44.1 Å². The molecular formula is C24H30N4O4. The number of esters is 1. The molecule has 1 N–H and O–H groups in total. The second-order valence-corrected chi connectivity index (χ2v) is 9.25. The lowest BCUT2D eigenvalue weighted by Crippen LogP contribution is -2.44. The number of ether oxygens (including phenoxy) is 2. The Hall–Kier alpha value is -2.87. The number of H-pyrrole nitrogens is 1. The van der Waals surface area contributed by atoms with E-state index in [2.05, 4.69) is 14.8 Å². The summed E-state index contributed by atoms with van der Waals surface area (Å²) in [7, 11) is 3.99. The van der Waals surface area contributed by atoms with Gasteiger partial charge in [0, 0.05) is 43.6 Å².